The van der Waals surface area contributed by atoms with Crippen LogP contribution in [0.5, 0.6) is 0 Å². The molecule has 2 aliphatic rings. The summed E-state index contributed by atoms with van der Waals surface area (Å²) in [5.41, 5.74) is 2.64. The Hall–Kier alpha value is -1.58. The van der Waals surface area contributed by atoms with Crippen LogP contribution in [0.15, 0.2) is 6.07 Å². The Morgan fingerprint density at radius 1 is 1.42 bits per heavy atom. The molecule has 0 aromatic carbocycles. The van der Waals surface area contributed by atoms with Gasteiger partial charge in [0.15, 0.2) is 0 Å². The van der Waals surface area contributed by atoms with E-state index >= 15 is 0 Å². The van der Waals surface area contributed by atoms with E-state index in [-0.39, 0.29) is 0 Å². The van der Waals surface area contributed by atoms with Gasteiger partial charge in [0.25, 0.3) is 0 Å². The Bertz CT molecular complexity index is 513. The number of aryl methyl sites for hydroxylation is 2. The van der Waals surface area contributed by atoms with Crippen LogP contribution in [0.25, 0.3) is 0 Å². The van der Waals surface area contributed by atoms with Crippen LogP contribution >= 0.6 is 0 Å². The third-order valence-electron chi connectivity index (χ3n) is 4.23. The van der Waals surface area contributed by atoms with Crippen molar-refractivity contribution >= 4 is 11.8 Å². The van der Waals surface area contributed by atoms with Crippen LogP contribution in [0.2, 0.25) is 0 Å². The fourth-order valence-electron chi connectivity index (χ4n) is 3.15. The molecule has 102 valence electrons. The van der Waals surface area contributed by atoms with Crippen LogP contribution < -0.4 is 4.90 Å². The molecule has 1 unspecified atom stereocenters. The van der Waals surface area contributed by atoms with E-state index in [4.69, 9.17) is 4.98 Å². The van der Waals surface area contributed by atoms with E-state index in [2.05, 4.69) is 11.8 Å². The van der Waals surface area contributed by atoms with E-state index < -0.39 is 5.97 Å². The summed E-state index contributed by atoms with van der Waals surface area (Å²) >= 11 is 0. The Balaban J connectivity index is 2.03. The molecule has 1 aliphatic heterocycles. The maximum atomic E-state index is 11.5. The second-order valence-corrected chi connectivity index (χ2v) is 5.82. The van der Waals surface area contributed by atoms with Gasteiger partial charge in [0, 0.05) is 18.8 Å². The number of rotatable bonds is 2. The maximum absolute atomic E-state index is 11.5. The van der Waals surface area contributed by atoms with Crippen molar-refractivity contribution in [1.29, 1.82) is 0 Å². The molecule has 1 N–H and O–H groups in total. The molecule has 1 aliphatic carbocycles. The van der Waals surface area contributed by atoms with E-state index in [0.717, 1.165) is 50.0 Å². The summed E-state index contributed by atoms with van der Waals surface area (Å²) in [5, 5.41) is 9.43. The first-order valence-electron chi connectivity index (χ1n) is 7.16. The molecule has 1 aromatic heterocycles. The zero-order valence-electron chi connectivity index (χ0n) is 11.4. The molecule has 0 saturated carbocycles. The standard InChI is InChI=1S/C15H20N2O2/c1-10-6-7-17(9-10)14-12(15(18)19)8-11-4-2-3-5-13(11)16-14/h8,10H,2-7,9H2,1H3,(H,18,19). The van der Waals surface area contributed by atoms with Gasteiger partial charge in [0.05, 0.1) is 0 Å². The largest absolute Gasteiger partial charge is 0.478 e. The number of aromatic carboxylic acids is 1. The third-order valence-corrected chi connectivity index (χ3v) is 4.23. The Morgan fingerprint density at radius 2 is 2.21 bits per heavy atom. The highest BCUT2D eigenvalue weighted by atomic mass is 16.4. The van der Waals surface area contributed by atoms with Crippen molar-refractivity contribution in [3.05, 3.63) is 22.9 Å². The Labute approximate surface area is 113 Å². The highest BCUT2D eigenvalue weighted by Gasteiger charge is 2.26. The molecule has 0 radical (unpaired) electrons. The van der Waals surface area contributed by atoms with Gasteiger partial charge in [0.2, 0.25) is 0 Å². The maximum Gasteiger partial charge on any atom is 0.339 e. The van der Waals surface area contributed by atoms with Crippen LogP contribution in [-0.4, -0.2) is 29.1 Å². The van der Waals surface area contributed by atoms with Gasteiger partial charge >= 0.3 is 5.97 Å². The lowest BCUT2D eigenvalue weighted by atomic mass is 9.94. The lowest BCUT2D eigenvalue weighted by Gasteiger charge is -2.23. The second-order valence-electron chi connectivity index (χ2n) is 5.82. The number of carboxylic acids is 1. The van der Waals surface area contributed by atoms with Gasteiger partial charge in [-0.25, -0.2) is 9.78 Å². The van der Waals surface area contributed by atoms with E-state index in [1.165, 1.54) is 6.42 Å². The van der Waals surface area contributed by atoms with Crippen molar-refractivity contribution in [1.82, 2.24) is 4.98 Å². The minimum Gasteiger partial charge on any atom is -0.478 e. The highest BCUT2D eigenvalue weighted by molar-refractivity contribution is 5.93. The molecule has 1 aromatic rings. The zero-order valence-corrected chi connectivity index (χ0v) is 11.4. The van der Waals surface area contributed by atoms with Crippen molar-refractivity contribution in [2.75, 3.05) is 18.0 Å². The average Bonchev–Trinajstić information content (AvgIpc) is 2.83. The summed E-state index contributed by atoms with van der Waals surface area (Å²) in [6.07, 6.45) is 5.40. The summed E-state index contributed by atoms with van der Waals surface area (Å²) in [6.45, 7) is 4.05. The van der Waals surface area contributed by atoms with E-state index in [1.807, 2.05) is 6.07 Å². The monoisotopic (exact) mass is 260 g/mol. The number of nitrogens with zero attached hydrogens (tertiary/aromatic N) is 2. The molecule has 0 amide bonds. The van der Waals surface area contributed by atoms with Gasteiger partial charge in [-0.15, -0.1) is 0 Å². The first-order valence-corrected chi connectivity index (χ1v) is 7.16. The summed E-state index contributed by atoms with van der Waals surface area (Å²) in [7, 11) is 0. The first-order chi connectivity index (χ1) is 9.15. The molecule has 0 spiro atoms. The lowest BCUT2D eigenvalue weighted by molar-refractivity contribution is 0.0697. The van der Waals surface area contributed by atoms with Crippen molar-refractivity contribution in [2.45, 2.75) is 39.0 Å². The minimum atomic E-state index is -0.851. The molecule has 3 rings (SSSR count). The zero-order chi connectivity index (χ0) is 13.4. The predicted molar refractivity (Wildman–Crippen MR) is 73.8 cm³/mol. The number of hydrogen-bond donors (Lipinski definition) is 1. The lowest BCUT2D eigenvalue weighted by Crippen LogP contribution is -2.24. The Morgan fingerprint density at radius 3 is 2.89 bits per heavy atom. The fourth-order valence-corrected chi connectivity index (χ4v) is 3.15. The number of fused-ring (bicyclic) bond motifs is 1. The van der Waals surface area contributed by atoms with Crippen LogP contribution in [0.4, 0.5) is 5.82 Å². The molecule has 1 saturated heterocycles. The molecule has 4 heteroatoms. The van der Waals surface area contributed by atoms with Crippen LogP contribution in [0, 0.1) is 5.92 Å². The van der Waals surface area contributed by atoms with Crippen molar-refractivity contribution in [3.8, 4) is 0 Å². The predicted octanol–water partition coefficient (Wildman–Crippen LogP) is 2.50. The van der Waals surface area contributed by atoms with Crippen LogP contribution in [-0.2, 0) is 12.8 Å². The number of carboxylic acid groups (broad SMARTS) is 1. The normalized spacial score (nSPS) is 22.4. The summed E-state index contributed by atoms with van der Waals surface area (Å²) in [6, 6.07) is 1.86. The smallest absolute Gasteiger partial charge is 0.339 e. The van der Waals surface area contributed by atoms with Gasteiger partial charge < -0.3 is 10.0 Å². The molecule has 2 heterocycles. The molecular formula is C15H20N2O2. The SMILES string of the molecule is CC1CCN(c2nc3c(cc2C(=O)O)CCCC3)C1. The number of pyridine rings is 1. The number of hydrogen-bond acceptors (Lipinski definition) is 3. The van der Waals surface area contributed by atoms with E-state index in [1.54, 1.807) is 0 Å². The summed E-state index contributed by atoms with van der Waals surface area (Å²) < 4.78 is 0. The van der Waals surface area contributed by atoms with Gasteiger partial charge in [-0.3, -0.25) is 0 Å². The van der Waals surface area contributed by atoms with E-state index in [9.17, 15) is 9.90 Å². The number of carbonyl (C=O) groups is 1. The van der Waals surface area contributed by atoms with E-state index in [0.29, 0.717) is 17.3 Å². The Kier molecular flexibility index (Phi) is 3.17. The highest BCUT2D eigenvalue weighted by Crippen LogP contribution is 2.30. The van der Waals surface area contributed by atoms with Gasteiger partial charge in [-0.2, -0.15) is 0 Å². The van der Waals surface area contributed by atoms with Crippen LogP contribution in [0.1, 0.15) is 47.8 Å². The molecule has 4 nitrogen and oxygen atoms in total. The van der Waals surface area contributed by atoms with Gasteiger partial charge in [0.1, 0.15) is 11.4 Å². The first kappa shape index (κ1) is 12.5. The van der Waals surface area contributed by atoms with Crippen molar-refractivity contribution < 1.29 is 9.90 Å². The second kappa shape index (κ2) is 4.83. The topological polar surface area (TPSA) is 53.4 Å². The molecular weight excluding hydrogens is 240 g/mol. The van der Waals surface area contributed by atoms with Gasteiger partial charge in [-0.05, 0) is 49.7 Å². The molecule has 1 atom stereocenters. The van der Waals surface area contributed by atoms with Crippen molar-refractivity contribution in [2.24, 2.45) is 5.92 Å². The molecule has 0 bridgehead atoms. The van der Waals surface area contributed by atoms with Gasteiger partial charge in [-0.1, -0.05) is 6.92 Å². The summed E-state index contributed by atoms with van der Waals surface area (Å²) in [5.74, 6) is 0.465. The molecule has 1 fully saturated rings. The number of anilines is 1. The van der Waals surface area contributed by atoms with Crippen molar-refractivity contribution in [3.63, 3.8) is 0 Å². The molecule has 19 heavy (non-hydrogen) atoms. The fraction of sp³-hybridized carbons (Fsp3) is 0.600. The average molecular weight is 260 g/mol. The summed E-state index contributed by atoms with van der Waals surface area (Å²) in [4.78, 5) is 18.3. The third kappa shape index (κ3) is 2.31. The van der Waals surface area contributed by atoms with Crippen LogP contribution in [0.3, 0.4) is 0 Å². The number of aromatic nitrogens is 1. The minimum absolute atomic E-state index is 0.384. The quantitative estimate of drug-likeness (QED) is 0.887.